The van der Waals surface area contributed by atoms with E-state index in [1.54, 1.807) is 0 Å². The van der Waals surface area contributed by atoms with Crippen molar-refractivity contribution in [3.05, 3.63) is 48.6 Å². The van der Waals surface area contributed by atoms with Gasteiger partial charge in [-0.3, -0.25) is 0 Å². The Bertz CT molecular complexity index is 348. The maximum atomic E-state index is 5.92. The first-order valence-corrected chi connectivity index (χ1v) is 5.75. The van der Waals surface area contributed by atoms with Gasteiger partial charge in [0.15, 0.2) is 0 Å². The van der Waals surface area contributed by atoms with E-state index in [1.165, 1.54) is 0 Å². The van der Waals surface area contributed by atoms with Crippen molar-refractivity contribution < 1.29 is 4.74 Å². The van der Waals surface area contributed by atoms with E-state index in [-0.39, 0.29) is 0 Å². The fourth-order valence-corrected chi connectivity index (χ4v) is 2.84. The first-order chi connectivity index (χ1) is 7.45. The van der Waals surface area contributed by atoms with Gasteiger partial charge in [0, 0.05) is 5.92 Å². The van der Waals surface area contributed by atoms with Gasteiger partial charge in [-0.05, 0) is 18.3 Å². The van der Waals surface area contributed by atoms with Gasteiger partial charge in [-0.1, -0.05) is 48.6 Å². The highest BCUT2D eigenvalue weighted by atomic mass is 16.5. The third-order valence-electron chi connectivity index (χ3n) is 3.65. The highest BCUT2D eigenvalue weighted by Gasteiger charge is 2.36. The highest BCUT2D eigenvalue weighted by molar-refractivity contribution is 5.21. The Kier molecular flexibility index (Phi) is 2.34. The minimum Gasteiger partial charge on any atom is -0.373 e. The van der Waals surface area contributed by atoms with E-state index in [1.807, 2.05) is 0 Å². The highest BCUT2D eigenvalue weighted by Crippen LogP contribution is 2.38. The lowest BCUT2D eigenvalue weighted by Crippen LogP contribution is -2.40. The van der Waals surface area contributed by atoms with Crippen LogP contribution in [0.15, 0.2) is 48.6 Å². The van der Waals surface area contributed by atoms with Crippen molar-refractivity contribution in [2.45, 2.75) is 12.5 Å². The number of fused-ring (bicyclic) bond motifs is 3. The smallest absolute Gasteiger partial charge is 0.0796 e. The Labute approximate surface area is 90.8 Å². The summed E-state index contributed by atoms with van der Waals surface area (Å²) in [4.78, 5) is 0. The van der Waals surface area contributed by atoms with Gasteiger partial charge in [-0.15, -0.1) is 0 Å². The fraction of sp³-hybridized carbons (Fsp3) is 0.429. The Balaban J connectivity index is 1.88. The lowest BCUT2D eigenvalue weighted by Gasteiger charge is -2.40. The monoisotopic (exact) mass is 200 g/mol. The molecule has 0 spiro atoms. The molecule has 0 bridgehead atoms. The Morgan fingerprint density at radius 1 is 0.933 bits per heavy atom. The van der Waals surface area contributed by atoms with Crippen LogP contribution in [0.25, 0.3) is 0 Å². The van der Waals surface area contributed by atoms with Crippen molar-refractivity contribution in [2.75, 3.05) is 6.61 Å². The molecule has 1 saturated heterocycles. The van der Waals surface area contributed by atoms with Gasteiger partial charge in [0.2, 0.25) is 0 Å². The fourth-order valence-electron chi connectivity index (χ4n) is 2.84. The quantitative estimate of drug-likeness (QED) is 0.584. The van der Waals surface area contributed by atoms with Crippen molar-refractivity contribution in [3.63, 3.8) is 0 Å². The third-order valence-corrected chi connectivity index (χ3v) is 3.65. The van der Waals surface area contributed by atoms with E-state index in [2.05, 4.69) is 48.6 Å². The number of hydrogen-bond donors (Lipinski definition) is 0. The molecular weight excluding hydrogens is 184 g/mol. The summed E-state index contributed by atoms with van der Waals surface area (Å²) in [5, 5.41) is 0. The predicted octanol–water partition coefficient (Wildman–Crippen LogP) is 2.88. The van der Waals surface area contributed by atoms with Crippen molar-refractivity contribution in [3.8, 4) is 0 Å². The van der Waals surface area contributed by atoms with Gasteiger partial charge in [0.05, 0.1) is 12.7 Å². The molecule has 1 nitrogen and oxygen atoms in total. The summed E-state index contributed by atoms with van der Waals surface area (Å²) in [7, 11) is 0. The molecular formula is C14H16O. The van der Waals surface area contributed by atoms with Gasteiger partial charge < -0.3 is 4.74 Å². The summed E-state index contributed by atoms with van der Waals surface area (Å²) < 4.78 is 5.92. The molecule has 3 rings (SSSR count). The molecule has 4 atom stereocenters. The molecule has 1 heteroatoms. The predicted molar refractivity (Wildman–Crippen MR) is 61.4 cm³/mol. The minimum atomic E-state index is 0.317. The molecule has 0 saturated carbocycles. The lowest BCUT2D eigenvalue weighted by atomic mass is 9.73. The average molecular weight is 200 g/mol. The average Bonchev–Trinajstić information content (AvgIpc) is 2.54. The molecule has 4 unspecified atom stereocenters. The van der Waals surface area contributed by atoms with Gasteiger partial charge in [-0.2, -0.15) is 0 Å². The second-order valence-corrected chi connectivity index (χ2v) is 4.52. The van der Waals surface area contributed by atoms with Crippen LogP contribution >= 0.6 is 0 Å². The molecule has 1 fully saturated rings. The van der Waals surface area contributed by atoms with Crippen LogP contribution in [0, 0.1) is 17.8 Å². The van der Waals surface area contributed by atoms with Gasteiger partial charge in [0.25, 0.3) is 0 Å². The van der Waals surface area contributed by atoms with E-state index in [0.29, 0.717) is 23.9 Å². The molecule has 0 aromatic heterocycles. The van der Waals surface area contributed by atoms with Crippen molar-refractivity contribution in [1.29, 1.82) is 0 Å². The van der Waals surface area contributed by atoms with Crippen LogP contribution in [0.2, 0.25) is 0 Å². The summed E-state index contributed by atoms with van der Waals surface area (Å²) in [6, 6.07) is 0. The van der Waals surface area contributed by atoms with Crippen molar-refractivity contribution in [1.82, 2.24) is 0 Å². The molecule has 3 aliphatic rings. The molecule has 0 aromatic rings. The van der Waals surface area contributed by atoms with Crippen LogP contribution in [0.5, 0.6) is 0 Å². The maximum absolute atomic E-state index is 5.92. The zero-order valence-electron chi connectivity index (χ0n) is 8.75. The van der Waals surface area contributed by atoms with Crippen LogP contribution in [0.4, 0.5) is 0 Å². The summed E-state index contributed by atoms with van der Waals surface area (Å²) in [6.07, 6.45) is 19.2. The first kappa shape index (κ1) is 9.17. The second-order valence-electron chi connectivity index (χ2n) is 4.52. The Hall–Kier alpha value is -1.08. The number of rotatable bonds is 0. The summed E-state index contributed by atoms with van der Waals surface area (Å²) in [5.41, 5.74) is 0. The minimum absolute atomic E-state index is 0.317. The van der Waals surface area contributed by atoms with Gasteiger partial charge >= 0.3 is 0 Å². The number of hydrogen-bond acceptors (Lipinski definition) is 1. The van der Waals surface area contributed by atoms with E-state index in [4.69, 9.17) is 4.74 Å². The molecule has 1 heterocycles. The van der Waals surface area contributed by atoms with E-state index in [0.717, 1.165) is 13.0 Å². The standard InChI is InChI=1S/C14H16O/c1-2-8-13-12-7-5-4-6-11(12)10-15-14(13)9-3-1/h1-7,9,11-14H,8,10H2. The van der Waals surface area contributed by atoms with Crippen LogP contribution in [0.3, 0.4) is 0 Å². The van der Waals surface area contributed by atoms with Gasteiger partial charge in [-0.25, -0.2) is 0 Å². The topological polar surface area (TPSA) is 9.23 Å². The normalized spacial score (nSPS) is 42.1. The van der Waals surface area contributed by atoms with Crippen molar-refractivity contribution >= 4 is 0 Å². The Morgan fingerprint density at radius 2 is 1.80 bits per heavy atom. The second kappa shape index (κ2) is 3.82. The first-order valence-electron chi connectivity index (χ1n) is 5.75. The molecule has 78 valence electrons. The van der Waals surface area contributed by atoms with Crippen LogP contribution in [0.1, 0.15) is 6.42 Å². The molecule has 2 aliphatic carbocycles. The summed E-state index contributed by atoms with van der Waals surface area (Å²) in [6.45, 7) is 0.872. The van der Waals surface area contributed by atoms with E-state index in [9.17, 15) is 0 Å². The molecule has 0 radical (unpaired) electrons. The van der Waals surface area contributed by atoms with E-state index >= 15 is 0 Å². The Morgan fingerprint density at radius 3 is 2.80 bits per heavy atom. The largest absolute Gasteiger partial charge is 0.373 e. The van der Waals surface area contributed by atoms with Crippen molar-refractivity contribution in [2.24, 2.45) is 17.8 Å². The lowest BCUT2D eigenvalue weighted by molar-refractivity contribution is -0.0403. The molecule has 1 aliphatic heterocycles. The van der Waals surface area contributed by atoms with Gasteiger partial charge in [0.1, 0.15) is 0 Å². The van der Waals surface area contributed by atoms with Crippen LogP contribution < -0.4 is 0 Å². The maximum Gasteiger partial charge on any atom is 0.0796 e. The SMILES string of the molecule is C1=CCC2C(C=C1)OCC1C=CC=CC12. The van der Waals surface area contributed by atoms with Crippen LogP contribution in [-0.4, -0.2) is 12.7 Å². The number of ether oxygens (including phenoxy) is 1. The summed E-state index contributed by atoms with van der Waals surface area (Å²) >= 11 is 0. The summed E-state index contributed by atoms with van der Waals surface area (Å²) in [5.74, 6) is 1.89. The molecule has 0 aromatic carbocycles. The number of allylic oxidation sites excluding steroid dienone is 6. The zero-order chi connectivity index (χ0) is 10.1. The zero-order valence-corrected chi connectivity index (χ0v) is 8.75. The molecule has 0 N–H and O–H groups in total. The third kappa shape index (κ3) is 1.61. The molecule has 15 heavy (non-hydrogen) atoms. The van der Waals surface area contributed by atoms with E-state index < -0.39 is 0 Å². The molecule has 0 amide bonds. The van der Waals surface area contributed by atoms with Crippen LogP contribution in [-0.2, 0) is 4.74 Å².